The summed E-state index contributed by atoms with van der Waals surface area (Å²) in [6.45, 7) is 10.8. The van der Waals surface area contributed by atoms with Gasteiger partial charge in [0.15, 0.2) is 23.0 Å². The van der Waals surface area contributed by atoms with Gasteiger partial charge >= 0.3 is 0 Å². The molecule has 3 aromatic carbocycles. The molecule has 0 spiro atoms. The Labute approximate surface area is 330 Å². The first-order valence-corrected chi connectivity index (χ1v) is 19.7. The molecule has 1 amide bonds. The average Bonchev–Trinajstić information content (AvgIpc) is 3.35. The van der Waals surface area contributed by atoms with E-state index in [0.717, 1.165) is 74.8 Å². The zero-order valence-electron chi connectivity index (χ0n) is 34.0. The van der Waals surface area contributed by atoms with E-state index in [4.69, 9.17) is 18.9 Å². The number of aromatic amines is 1. The van der Waals surface area contributed by atoms with Crippen LogP contribution in [0.25, 0.3) is 10.9 Å². The van der Waals surface area contributed by atoms with Crippen LogP contribution in [0.1, 0.15) is 68.4 Å². The van der Waals surface area contributed by atoms with Gasteiger partial charge in [-0.3, -0.25) is 9.59 Å². The molecule has 2 aliphatic heterocycles. The van der Waals surface area contributed by atoms with Crippen molar-refractivity contribution in [3.8, 4) is 28.7 Å². The number of aliphatic hydroxyl groups excluding tert-OH is 1. The van der Waals surface area contributed by atoms with Crippen molar-refractivity contribution in [2.24, 2.45) is 5.92 Å². The highest BCUT2D eigenvalue weighted by Gasteiger charge is 2.28. The standard InChI is InChI=1S/C28H38N2O5.C16H22N2O3/c1-32-24-8-7-20(14-25(24)33-2)9-12-29-11-5-6-21(18-29)19-30-13-10-22-15-26(34-3)27(35-4)16-23(22)17-28(30)31;1-4-12(17-9(2)3)16(21)11-5-7-13(19)15-10(11)6-8-14(20)18-15/h7-8,14-16,21H,5-6,9-13,17-19H2,1-4H3;5-9,12,16-17,19,21H,4H2,1-3H3,(H,18,20)/t21-;/m0./s1. The van der Waals surface area contributed by atoms with Gasteiger partial charge in [-0.15, -0.1) is 0 Å². The third-order valence-electron chi connectivity index (χ3n) is 10.9. The maximum Gasteiger partial charge on any atom is 0.248 e. The summed E-state index contributed by atoms with van der Waals surface area (Å²) in [6, 6.07) is 16.5. The Hall–Kier alpha value is -4.78. The molecule has 0 aliphatic carbocycles. The highest BCUT2D eigenvalue weighted by atomic mass is 16.5. The first kappa shape index (κ1) is 42.4. The SMILES string of the molecule is CCC(NC(C)C)C(O)c1ccc(O)c2[nH]c(=O)ccc12.COc1ccc(CCN2CCC[C@H](CN3CCc4cc(OC)c(OC)cc4CC3=O)C2)cc1OC. The average molecular weight is 773 g/mol. The molecule has 6 rings (SSSR count). The first-order chi connectivity index (χ1) is 27.0. The topological polar surface area (TPSA) is 146 Å². The van der Waals surface area contributed by atoms with E-state index < -0.39 is 6.10 Å². The Morgan fingerprint density at radius 2 is 1.57 bits per heavy atom. The van der Waals surface area contributed by atoms with E-state index in [9.17, 15) is 19.8 Å². The van der Waals surface area contributed by atoms with Crippen molar-refractivity contribution in [3.05, 3.63) is 87.2 Å². The van der Waals surface area contributed by atoms with Gasteiger partial charge in [-0.1, -0.05) is 32.9 Å². The number of piperidine rings is 1. The summed E-state index contributed by atoms with van der Waals surface area (Å²) in [6.07, 6.45) is 4.63. The van der Waals surface area contributed by atoms with E-state index in [1.54, 1.807) is 40.6 Å². The van der Waals surface area contributed by atoms with Gasteiger partial charge in [-0.2, -0.15) is 0 Å². The van der Waals surface area contributed by atoms with E-state index >= 15 is 0 Å². The van der Waals surface area contributed by atoms with Crippen molar-refractivity contribution >= 4 is 16.8 Å². The fourth-order valence-electron chi connectivity index (χ4n) is 7.94. The van der Waals surface area contributed by atoms with Crippen LogP contribution in [0.2, 0.25) is 0 Å². The van der Waals surface area contributed by atoms with Crippen molar-refractivity contribution in [2.45, 2.75) is 77.5 Å². The van der Waals surface area contributed by atoms with Gasteiger partial charge < -0.3 is 49.3 Å². The van der Waals surface area contributed by atoms with Crippen LogP contribution >= 0.6 is 0 Å². The quantitative estimate of drug-likeness (QED) is 0.127. The highest BCUT2D eigenvalue weighted by Crippen LogP contribution is 2.34. The molecule has 2 aliphatic rings. The first-order valence-electron chi connectivity index (χ1n) is 19.7. The largest absolute Gasteiger partial charge is 0.506 e. The summed E-state index contributed by atoms with van der Waals surface area (Å²) in [7, 11) is 6.62. The number of aromatic hydroxyl groups is 1. The number of phenols is 1. The second-order valence-corrected chi connectivity index (χ2v) is 15.1. The minimum absolute atomic E-state index is 0.00326. The van der Waals surface area contributed by atoms with Crippen molar-refractivity contribution in [3.63, 3.8) is 0 Å². The molecule has 3 atom stereocenters. The van der Waals surface area contributed by atoms with Gasteiger partial charge in [-0.25, -0.2) is 0 Å². The van der Waals surface area contributed by atoms with Crippen molar-refractivity contribution in [1.82, 2.24) is 20.1 Å². The van der Waals surface area contributed by atoms with Crippen LogP contribution < -0.4 is 29.8 Å². The number of nitrogens with zero attached hydrogens (tertiary/aromatic N) is 2. The Morgan fingerprint density at radius 3 is 2.25 bits per heavy atom. The van der Waals surface area contributed by atoms with E-state index in [1.807, 2.05) is 39.0 Å². The van der Waals surface area contributed by atoms with Gasteiger partial charge in [0.05, 0.1) is 46.5 Å². The number of ether oxygens (including phenoxy) is 4. The minimum atomic E-state index is -0.716. The Kier molecular flexibility index (Phi) is 15.0. The van der Waals surface area contributed by atoms with Gasteiger partial charge in [0.2, 0.25) is 11.5 Å². The number of nitrogens with one attached hydrogen (secondary N) is 2. The zero-order chi connectivity index (χ0) is 40.4. The predicted octanol–water partition coefficient (Wildman–Crippen LogP) is 5.65. The maximum atomic E-state index is 13.1. The fourth-order valence-corrected chi connectivity index (χ4v) is 7.94. The number of H-pyrrole nitrogens is 1. The molecule has 304 valence electrons. The molecule has 12 nitrogen and oxygen atoms in total. The van der Waals surface area contributed by atoms with Gasteiger partial charge in [0.1, 0.15) is 5.75 Å². The highest BCUT2D eigenvalue weighted by molar-refractivity contribution is 5.87. The van der Waals surface area contributed by atoms with Crippen LogP contribution in [0.3, 0.4) is 0 Å². The van der Waals surface area contributed by atoms with E-state index in [0.29, 0.717) is 34.6 Å². The molecule has 2 unspecified atom stereocenters. The molecule has 0 saturated carbocycles. The third-order valence-corrected chi connectivity index (χ3v) is 10.9. The summed E-state index contributed by atoms with van der Waals surface area (Å²) in [5.41, 5.74) is 4.25. The molecule has 0 bridgehead atoms. The number of rotatable bonds is 14. The van der Waals surface area contributed by atoms with Crippen LogP contribution in [-0.2, 0) is 24.1 Å². The van der Waals surface area contributed by atoms with Crippen molar-refractivity contribution in [1.29, 1.82) is 0 Å². The molecule has 1 saturated heterocycles. The number of benzene rings is 3. The number of hydrogen-bond donors (Lipinski definition) is 4. The van der Waals surface area contributed by atoms with Crippen molar-refractivity contribution < 1.29 is 34.0 Å². The monoisotopic (exact) mass is 772 g/mol. The number of hydrogen-bond acceptors (Lipinski definition) is 10. The molecule has 3 heterocycles. The summed E-state index contributed by atoms with van der Waals surface area (Å²) in [5.74, 6) is 3.66. The molecule has 0 radical (unpaired) electrons. The van der Waals surface area contributed by atoms with Crippen LogP contribution in [0.4, 0.5) is 0 Å². The Balaban J connectivity index is 0.000000244. The molecule has 1 aromatic heterocycles. The van der Waals surface area contributed by atoms with E-state index in [-0.39, 0.29) is 29.3 Å². The molecule has 12 heteroatoms. The molecule has 1 fully saturated rings. The van der Waals surface area contributed by atoms with E-state index in [2.05, 4.69) is 32.2 Å². The molecule has 4 N–H and O–H groups in total. The number of aromatic nitrogens is 1. The van der Waals surface area contributed by atoms with Crippen LogP contribution in [0, 0.1) is 5.92 Å². The fraction of sp³-hybridized carbons (Fsp3) is 0.500. The van der Waals surface area contributed by atoms with Crippen LogP contribution in [0.5, 0.6) is 28.7 Å². The molecular formula is C44H60N4O8. The number of carbonyl (C=O) groups excluding carboxylic acids is 1. The smallest absolute Gasteiger partial charge is 0.248 e. The van der Waals surface area contributed by atoms with Crippen LogP contribution in [0.15, 0.2) is 59.4 Å². The molecule has 56 heavy (non-hydrogen) atoms. The maximum absolute atomic E-state index is 13.1. The Bertz CT molecular complexity index is 1980. The molecule has 4 aromatic rings. The van der Waals surface area contributed by atoms with Crippen molar-refractivity contribution in [2.75, 3.05) is 61.2 Å². The normalized spacial score (nSPS) is 17.1. The predicted molar refractivity (Wildman–Crippen MR) is 219 cm³/mol. The lowest BCUT2D eigenvalue weighted by Crippen LogP contribution is -2.44. The third kappa shape index (κ3) is 10.5. The number of methoxy groups -OCH3 is 4. The lowest BCUT2D eigenvalue weighted by molar-refractivity contribution is -0.131. The number of likely N-dealkylation sites (tertiary alicyclic amines) is 1. The second kappa shape index (κ2) is 19.9. The lowest BCUT2D eigenvalue weighted by atomic mass is 9.95. The van der Waals surface area contributed by atoms with Gasteiger partial charge in [-0.05, 0) is 103 Å². The molecular weight excluding hydrogens is 713 g/mol. The van der Waals surface area contributed by atoms with Crippen LogP contribution in [-0.4, -0.2) is 104 Å². The number of amides is 1. The minimum Gasteiger partial charge on any atom is -0.506 e. The summed E-state index contributed by atoms with van der Waals surface area (Å²) in [4.78, 5) is 31.8. The van der Waals surface area contributed by atoms with Gasteiger partial charge in [0, 0.05) is 49.7 Å². The number of aliphatic hydroxyl groups is 1. The summed E-state index contributed by atoms with van der Waals surface area (Å²) >= 11 is 0. The summed E-state index contributed by atoms with van der Waals surface area (Å²) in [5, 5.41) is 24.5. The number of fused-ring (bicyclic) bond motifs is 2. The number of carbonyl (C=O) groups is 1. The lowest BCUT2D eigenvalue weighted by Gasteiger charge is -2.35. The van der Waals surface area contributed by atoms with Gasteiger partial charge in [0.25, 0.3) is 0 Å². The Morgan fingerprint density at radius 1 is 0.875 bits per heavy atom. The second-order valence-electron chi connectivity index (χ2n) is 15.1. The number of pyridine rings is 1. The zero-order valence-corrected chi connectivity index (χ0v) is 34.0. The van der Waals surface area contributed by atoms with E-state index in [1.165, 1.54) is 36.1 Å². The number of phenolic OH excluding ortho intramolecular Hbond substituents is 1. The summed E-state index contributed by atoms with van der Waals surface area (Å²) < 4.78 is 21.7.